The van der Waals surface area contributed by atoms with Crippen LogP contribution in [0, 0.1) is 4.77 Å². The van der Waals surface area contributed by atoms with Gasteiger partial charge in [-0.05, 0) is 36.8 Å². The van der Waals surface area contributed by atoms with Gasteiger partial charge in [-0.15, -0.1) is 0 Å². The number of rotatable bonds is 2. The van der Waals surface area contributed by atoms with Gasteiger partial charge >= 0.3 is 5.97 Å². The van der Waals surface area contributed by atoms with Crippen molar-refractivity contribution in [2.24, 2.45) is 0 Å². The normalized spacial score (nSPS) is 16.3. The number of aromatic hydroxyl groups is 1. The molecule has 0 fully saturated rings. The summed E-state index contributed by atoms with van der Waals surface area (Å²) in [5, 5.41) is 12.9. The summed E-state index contributed by atoms with van der Waals surface area (Å²) in [5.74, 6) is -0.152. The second-order valence-electron chi connectivity index (χ2n) is 5.40. The van der Waals surface area contributed by atoms with E-state index in [9.17, 15) is 9.90 Å². The third-order valence-electron chi connectivity index (χ3n) is 3.90. The molecule has 0 saturated carbocycles. The second kappa shape index (κ2) is 5.97. The monoisotopic (exact) mass is 344 g/mol. The van der Waals surface area contributed by atoms with Crippen molar-refractivity contribution in [2.45, 2.75) is 12.8 Å². The Morgan fingerprint density at radius 2 is 2.21 bits per heavy atom. The first-order chi connectivity index (χ1) is 11.4. The van der Waals surface area contributed by atoms with Crippen molar-refractivity contribution in [3.63, 3.8) is 0 Å². The van der Waals surface area contributed by atoms with Crippen molar-refractivity contribution in [3.8, 4) is 5.75 Å². The first kappa shape index (κ1) is 16.0. The molecule has 0 aliphatic carbocycles. The predicted molar refractivity (Wildman–Crippen MR) is 92.1 cm³/mol. The van der Waals surface area contributed by atoms with Gasteiger partial charge < -0.3 is 25.9 Å². The number of nitrogens with two attached hydrogens (primary N) is 1. The maximum atomic E-state index is 12.4. The van der Waals surface area contributed by atoms with Gasteiger partial charge in [0.1, 0.15) is 17.4 Å². The van der Waals surface area contributed by atoms with Gasteiger partial charge in [0.25, 0.3) is 0 Å². The molecule has 0 bridgehead atoms. The summed E-state index contributed by atoms with van der Waals surface area (Å²) in [7, 11) is 1.32. The predicted octanol–water partition coefficient (Wildman–Crippen LogP) is 2.43. The van der Waals surface area contributed by atoms with E-state index in [0.29, 0.717) is 34.0 Å². The van der Waals surface area contributed by atoms with E-state index in [0.717, 1.165) is 0 Å². The lowest BCUT2D eigenvalue weighted by atomic mass is 9.82. The van der Waals surface area contributed by atoms with Crippen LogP contribution in [0.3, 0.4) is 0 Å². The molecule has 1 atom stereocenters. The molecule has 0 radical (unpaired) electrons. The van der Waals surface area contributed by atoms with Crippen LogP contribution >= 0.6 is 12.2 Å². The van der Waals surface area contributed by atoms with Gasteiger partial charge in [-0.2, -0.15) is 0 Å². The minimum atomic E-state index is -0.542. The molecule has 5 N–H and O–H groups in total. The second-order valence-corrected chi connectivity index (χ2v) is 5.79. The average Bonchev–Trinajstić information content (AvgIpc) is 2.52. The third kappa shape index (κ3) is 2.61. The van der Waals surface area contributed by atoms with E-state index in [2.05, 4.69) is 15.3 Å². The number of benzene rings is 1. The van der Waals surface area contributed by atoms with Gasteiger partial charge in [-0.3, -0.25) is 0 Å². The molecule has 1 aliphatic rings. The molecule has 2 aromatic rings. The van der Waals surface area contributed by atoms with E-state index in [1.54, 1.807) is 31.2 Å². The number of aromatic nitrogens is 2. The molecule has 7 nitrogen and oxygen atoms in total. The quantitative estimate of drug-likeness (QED) is 0.489. The zero-order valence-electron chi connectivity index (χ0n) is 13.1. The first-order valence-electron chi connectivity index (χ1n) is 7.17. The topological polar surface area (TPSA) is 113 Å². The highest BCUT2D eigenvalue weighted by Crippen LogP contribution is 2.43. The summed E-state index contributed by atoms with van der Waals surface area (Å²) in [6.07, 6.45) is 0. The fraction of sp³-hybridized carbons (Fsp3) is 0.188. The number of anilines is 2. The Morgan fingerprint density at radius 1 is 1.46 bits per heavy atom. The lowest BCUT2D eigenvalue weighted by Gasteiger charge is -2.29. The van der Waals surface area contributed by atoms with Crippen LogP contribution in [0.25, 0.3) is 0 Å². The maximum Gasteiger partial charge on any atom is 0.336 e. The molecule has 0 amide bonds. The van der Waals surface area contributed by atoms with Crippen LogP contribution in [0.4, 0.5) is 11.6 Å². The molecule has 0 saturated heterocycles. The Kier molecular flexibility index (Phi) is 3.98. The number of ether oxygens (including phenoxy) is 1. The zero-order chi connectivity index (χ0) is 17.4. The fourth-order valence-electron chi connectivity index (χ4n) is 2.91. The van der Waals surface area contributed by atoms with Gasteiger partial charge in [-0.1, -0.05) is 12.1 Å². The number of aromatic amines is 1. The van der Waals surface area contributed by atoms with Gasteiger partial charge in [-0.25, -0.2) is 9.78 Å². The van der Waals surface area contributed by atoms with Crippen molar-refractivity contribution < 1.29 is 14.6 Å². The number of carbonyl (C=O) groups excluding carboxylic acids is 1. The number of H-pyrrole nitrogens is 1. The number of hydrogen-bond donors (Lipinski definition) is 4. The number of hydrogen-bond acceptors (Lipinski definition) is 7. The van der Waals surface area contributed by atoms with Crippen LogP contribution in [0.15, 0.2) is 35.5 Å². The SMILES string of the molecule is COC(=O)C1=C(C)Nc2nc(=S)[nH]c(N)c2C1c1cccc(O)c1. The van der Waals surface area contributed by atoms with Crippen molar-refractivity contribution in [3.05, 3.63) is 51.4 Å². The van der Waals surface area contributed by atoms with Crippen LogP contribution < -0.4 is 11.1 Å². The third-order valence-corrected chi connectivity index (χ3v) is 4.09. The number of fused-ring (bicyclic) bond motifs is 1. The van der Waals surface area contributed by atoms with Gasteiger partial charge in [0.2, 0.25) is 0 Å². The van der Waals surface area contributed by atoms with Crippen molar-refractivity contribution >= 4 is 29.8 Å². The molecule has 2 heterocycles. The average molecular weight is 344 g/mol. The van der Waals surface area contributed by atoms with Crippen molar-refractivity contribution in [1.82, 2.24) is 9.97 Å². The molecule has 8 heteroatoms. The summed E-state index contributed by atoms with van der Waals surface area (Å²) < 4.78 is 5.17. The Hall–Kier alpha value is -2.87. The molecule has 0 spiro atoms. The Bertz CT molecular complexity index is 920. The summed E-state index contributed by atoms with van der Waals surface area (Å²) >= 11 is 5.07. The summed E-state index contributed by atoms with van der Waals surface area (Å²) in [5.41, 5.74) is 8.38. The zero-order valence-corrected chi connectivity index (χ0v) is 13.9. The molecular formula is C16H16N4O3S. The Labute approximate surface area is 143 Å². The lowest BCUT2D eigenvalue weighted by molar-refractivity contribution is -0.136. The van der Waals surface area contributed by atoms with E-state index in [-0.39, 0.29) is 10.5 Å². The van der Waals surface area contributed by atoms with E-state index in [1.807, 2.05) is 0 Å². The molecule has 124 valence electrons. The minimum Gasteiger partial charge on any atom is -0.508 e. The minimum absolute atomic E-state index is 0.0878. The van der Waals surface area contributed by atoms with Crippen molar-refractivity contribution in [2.75, 3.05) is 18.2 Å². The van der Waals surface area contributed by atoms with Gasteiger partial charge in [0.15, 0.2) is 4.77 Å². The number of nitrogen functional groups attached to an aromatic ring is 1. The molecular weight excluding hydrogens is 328 g/mol. The largest absolute Gasteiger partial charge is 0.508 e. The summed E-state index contributed by atoms with van der Waals surface area (Å²) in [6.45, 7) is 1.75. The van der Waals surface area contributed by atoms with E-state index < -0.39 is 11.9 Å². The molecule has 1 aromatic carbocycles. The number of carbonyl (C=O) groups is 1. The Morgan fingerprint density at radius 3 is 2.88 bits per heavy atom. The number of phenolic OH excluding ortho intramolecular Hbond substituents is 1. The highest BCUT2D eigenvalue weighted by Gasteiger charge is 2.35. The van der Waals surface area contributed by atoms with Crippen LogP contribution in [0.2, 0.25) is 0 Å². The molecule has 3 rings (SSSR count). The fourth-order valence-corrected chi connectivity index (χ4v) is 3.11. The van der Waals surface area contributed by atoms with Crippen LogP contribution in [-0.2, 0) is 9.53 Å². The number of nitrogens with one attached hydrogen (secondary N) is 2. The highest BCUT2D eigenvalue weighted by atomic mass is 32.1. The number of allylic oxidation sites excluding steroid dienone is 1. The lowest BCUT2D eigenvalue weighted by Crippen LogP contribution is -2.26. The smallest absolute Gasteiger partial charge is 0.336 e. The van der Waals surface area contributed by atoms with E-state index >= 15 is 0 Å². The number of nitrogens with zero attached hydrogens (tertiary/aromatic N) is 1. The molecule has 1 aromatic heterocycles. The van der Waals surface area contributed by atoms with Crippen LogP contribution in [-0.4, -0.2) is 28.2 Å². The number of methoxy groups -OCH3 is 1. The first-order valence-corrected chi connectivity index (χ1v) is 7.58. The number of phenols is 1. The summed E-state index contributed by atoms with van der Waals surface area (Å²) in [6, 6.07) is 6.64. The van der Waals surface area contributed by atoms with Gasteiger partial charge in [0.05, 0.1) is 18.6 Å². The molecule has 24 heavy (non-hydrogen) atoms. The molecule has 1 aliphatic heterocycles. The maximum absolute atomic E-state index is 12.4. The molecule has 1 unspecified atom stereocenters. The number of esters is 1. The van der Waals surface area contributed by atoms with Gasteiger partial charge in [0, 0.05) is 11.3 Å². The standard InChI is InChI=1S/C16H16N4O3S/c1-7-10(15(22)23-2)11(8-4-3-5-9(21)6-8)12-13(17)19-16(24)20-14(12)18-7/h3-6,11,21H,1-2H3,(H4,17,18,19,20,24). The van der Waals surface area contributed by atoms with Crippen LogP contribution in [0.5, 0.6) is 5.75 Å². The van der Waals surface area contributed by atoms with E-state index in [4.69, 9.17) is 22.7 Å². The highest BCUT2D eigenvalue weighted by molar-refractivity contribution is 7.71. The van der Waals surface area contributed by atoms with Crippen LogP contribution in [0.1, 0.15) is 24.0 Å². The van der Waals surface area contributed by atoms with Crippen molar-refractivity contribution in [1.29, 1.82) is 0 Å². The van der Waals surface area contributed by atoms with E-state index in [1.165, 1.54) is 7.11 Å². The Balaban J connectivity index is 2.32. The summed E-state index contributed by atoms with van der Waals surface area (Å²) in [4.78, 5) is 19.4.